The molecule has 0 bridgehead atoms. The number of nitrogens with zero attached hydrogens (tertiary/aromatic N) is 4. The highest BCUT2D eigenvalue weighted by atomic mass is 15.0. The maximum Gasteiger partial charge on any atom is 0.0547 e. The standard InChI is InChI=1S/C36H24N2.2C36H23N/c1-3-11-27(12-4-1)37-34-18-10-8-16-30(34)32-23-25(20-22-35(32)37)26-19-21-31-29-15-7-9-17-33(29)38(36(31)24-26)28-13-5-2-6-14-28;1-2-11-25(12-3-1)37-34-19-9-8-17-32(34)36-26(18-10-20-35(36)37)24-21-22-31-29-15-5-4-13-27(29)28-14-6-7-16-30(28)33(31)23-24;1-2-10-26(11-3-1)37-35-17-9-8-16-32(35)34-23-25(19-21-36(34)37)24-18-20-31-29-14-5-4-12-27(29)28-13-6-7-15-30(28)33(31)22-24/h1-24H;2*1-23H. The van der Waals surface area contributed by atoms with Crippen LogP contribution in [0.2, 0.25) is 0 Å². The topological polar surface area (TPSA) is 19.7 Å². The molecule has 0 aliphatic carbocycles. The highest BCUT2D eigenvalue weighted by Gasteiger charge is 2.21. The second-order valence-electron chi connectivity index (χ2n) is 29.4. The lowest BCUT2D eigenvalue weighted by molar-refractivity contribution is 1.18. The summed E-state index contributed by atoms with van der Waals surface area (Å²) < 4.78 is 9.51. The maximum absolute atomic E-state index is 2.40. The number of aromatic nitrogens is 4. The summed E-state index contributed by atoms with van der Waals surface area (Å²) in [6.07, 6.45) is 0. The average Bonchev–Trinajstić information content (AvgIpc) is 1.33. The smallest absolute Gasteiger partial charge is 0.0547 e. The molecular formula is C108H70N4. The van der Waals surface area contributed by atoms with Crippen molar-refractivity contribution in [2.75, 3.05) is 0 Å². The number of benzene rings is 20. The van der Waals surface area contributed by atoms with Gasteiger partial charge in [-0.3, -0.25) is 0 Å². The molecule has 112 heavy (non-hydrogen) atoms. The first-order chi connectivity index (χ1) is 55.6. The van der Waals surface area contributed by atoms with Gasteiger partial charge in [0.1, 0.15) is 0 Å². The third-order valence-corrected chi connectivity index (χ3v) is 23.2. The molecule has 0 fully saturated rings. The third kappa shape index (κ3) is 10.4. The van der Waals surface area contributed by atoms with Gasteiger partial charge in [-0.15, -0.1) is 0 Å². The van der Waals surface area contributed by atoms with E-state index in [1.165, 1.54) is 208 Å². The van der Waals surface area contributed by atoms with Gasteiger partial charge in [-0.05, 0) is 219 Å². The molecule has 0 aliphatic rings. The van der Waals surface area contributed by atoms with Crippen LogP contribution in [-0.4, -0.2) is 18.3 Å². The summed E-state index contributed by atoms with van der Waals surface area (Å²) in [5, 5.41) is 25.9. The van der Waals surface area contributed by atoms with E-state index >= 15 is 0 Å². The van der Waals surface area contributed by atoms with E-state index in [1.54, 1.807) is 0 Å². The first-order valence-corrected chi connectivity index (χ1v) is 38.6. The van der Waals surface area contributed by atoms with Gasteiger partial charge in [-0.2, -0.15) is 0 Å². The quantitative estimate of drug-likeness (QED) is 0.142. The van der Waals surface area contributed by atoms with Crippen molar-refractivity contribution in [3.05, 3.63) is 425 Å². The first-order valence-electron chi connectivity index (χ1n) is 38.6. The van der Waals surface area contributed by atoms with Crippen molar-refractivity contribution in [2.24, 2.45) is 0 Å². The Balaban J connectivity index is 0.000000103. The molecule has 4 heteroatoms. The fourth-order valence-electron chi connectivity index (χ4n) is 18.3. The SMILES string of the molecule is c1ccc(-n2c3ccccc3c3c(-c4ccc5c6ccccc6c6ccccc6c5c4)cccc32)cc1.c1ccc(-n2c3ccccc3c3cc(-c4ccc5c6ccccc6c6ccccc6c5c4)ccc32)cc1.c1ccc(-n2c3ccccc3c3cc(-c4ccc5c6ccccc6n(-c6ccccc6)c5c4)ccc32)cc1. The first kappa shape index (κ1) is 64.3. The molecular weight excluding hydrogens is 1350 g/mol. The van der Waals surface area contributed by atoms with Gasteiger partial charge in [-0.25, -0.2) is 0 Å². The van der Waals surface area contributed by atoms with E-state index in [2.05, 4.69) is 443 Å². The molecule has 4 heterocycles. The molecule has 0 radical (unpaired) electrons. The van der Waals surface area contributed by atoms with E-state index in [1.807, 2.05) is 0 Å². The summed E-state index contributed by atoms with van der Waals surface area (Å²) in [6.45, 7) is 0. The molecule has 4 nitrogen and oxygen atoms in total. The summed E-state index contributed by atoms with van der Waals surface area (Å²) in [5.41, 5.74) is 22.0. The zero-order chi connectivity index (χ0) is 73.7. The summed E-state index contributed by atoms with van der Waals surface area (Å²) in [6, 6.07) is 154. The van der Waals surface area contributed by atoms with Gasteiger partial charge in [0.05, 0.1) is 44.1 Å². The molecule has 0 amide bonds. The predicted molar refractivity (Wildman–Crippen MR) is 478 cm³/mol. The van der Waals surface area contributed by atoms with E-state index in [0.29, 0.717) is 0 Å². The number of hydrogen-bond donors (Lipinski definition) is 0. The second-order valence-corrected chi connectivity index (χ2v) is 29.4. The summed E-state index contributed by atoms with van der Waals surface area (Å²) >= 11 is 0. The monoisotopic (exact) mass is 1420 g/mol. The molecule has 20 aromatic carbocycles. The highest BCUT2D eigenvalue weighted by Crippen LogP contribution is 2.45. The van der Waals surface area contributed by atoms with Gasteiger partial charge in [0.15, 0.2) is 0 Å². The van der Waals surface area contributed by atoms with Crippen molar-refractivity contribution in [3.63, 3.8) is 0 Å². The number of rotatable bonds is 7. The van der Waals surface area contributed by atoms with Crippen molar-refractivity contribution < 1.29 is 0 Å². The molecule has 0 N–H and O–H groups in total. The zero-order valence-electron chi connectivity index (χ0n) is 61.2. The van der Waals surface area contributed by atoms with Gasteiger partial charge in [0.2, 0.25) is 0 Å². The number of para-hydroxylation sites is 8. The average molecular weight is 1420 g/mol. The molecule has 4 aromatic heterocycles. The van der Waals surface area contributed by atoms with E-state index in [0.717, 1.165) is 0 Å². The van der Waals surface area contributed by atoms with Crippen LogP contribution < -0.4 is 0 Å². The predicted octanol–water partition coefficient (Wildman–Crippen LogP) is 29.4. The molecule has 24 rings (SSSR count). The van der Waals surface area contributed by atoms with Crippen LogP contribution in [0.5, 0.6) is 0 Å². The lowest BCUT2D eigenvalue weighted by atomic mass is 9.91. The molecule has 0 atom stereocenters. The van der Waals surface area contributed by atoms with Crippen LogP contribution in [0.4, 0.5) is 0 Å². The molecule has 0 unspecified atom stereocenters. The van der Waals surface area contributed by atoms with Crippen molar-refractivity contribution in [1.29, 1.82) is 0 Å². The van der Waals surface area contributed by atoms with Gasteiger partial charge < -0.3 is 18.3 Å². The minimum Gasteiger partial charge on any atom is -0.309 e. The second kappa shape index (κ2) is 26.5. The maximum atomic E-state index is 2.40. The lowest BCUT2D eigenvalue weighted by Gasteiger charge is -2.13. The van der Waals surface area contributed by atoms with Crippen molar-refractivity contribution in [1.82, 2.24) is 18.3 Å². The van der Waals surface area contributed by atoms with E-state index < -0.39 is 0 Å². The van der Waals surface area contributed by atoms with Crippen LogP contribution in [-0.2, 0) is 0 Å². The Morgan fingerprint density at radius 3 is 0.750 bits per heavy atom. The van der Waals surface area contributed by atoms with Crippen LogP contribution >= 0.6 is 0 Å². The molecule has 522 valence electrons. The molecule has 0 saturated heterocycles. The Hall–Kier alpha value is -14.8. The van der Waals surface area contributed by atoms with Crippen LogP contribution in [0, 0.1) is 0 Å². The largest absolute Gasteiger partial charge is 0.309 e. The Kier molecular flexibility index (Phi) is 15.2. The number of hydrogen-bond acceptors (Lipinski definition) is 0. The molecule has 0 spiro atoms. The van der Waals surface area contributed by atoms with Gasteiger partial charge >= 0.3 is 0 Å². The van der Waals surface area contributed by atoms with Crippen LogP contribution in [0.25, 0.3) is 208 Å². The Labute approximate surface area is 646 Å². The number of fused-ring (bicyclic) bond motifs is 24. The summed E-state index contributed by atoms with van der Waals surface area (Å²) in [4.78, 5) is 0. The van der Waals surface area contributed by atoms with E-state index in [9.17, 15) is 0 Å². The fourth-order valence-corrected chi connectivity index (χ4v) is 18.3. The van der Waals surface area contributed by atoms with Gasteiger partial charge in [0.25, 0.3) is 0 Å². The minimum absolute atomic E-state index is 1.18. The van der Waals surface area contributed by atoms with E-state index in [4.69, 9.17) is 0 Å². The third-order valence-electron chi connectivity index (χ3n) is 23.2. The van der Waals surface area contributed by atoms with Gasteiger partial charge in [-0.1, -0.05) is 303 Å². The molecule has 0 aliphatic heterocycles. The Bertz CT molecular complexity index is 7780. The molecule has 0 saturated carbocycles. The Morgan fingerprint density at radius 2 is 0.348 bits per heavy atom. The van der Waals surface area contributed by atoms with Crippen molar-refractivity contribution >= 4 is 152 Å². The Morgan fingerprint density at radius 1 is 0.116 bits per heavy atom. The van der Waals surface area contributed by atoms with Gasteiger partial charge in [0, 0.05) is 65.8 Å². The highest BCUT2D eigenvalue weighted by molar-refractivity contribution is 6.28. The molecule has 24 aromatic rings. The summed E-state index contributed by atoms with van der Waals surface area (Å²) in [5.74, 6) is 0. The lowest BCUT2D eigenvalue weighted by Crippen LogP contribution is -1.93. The normalized spacial score (nSPS) is 11.8. The fraction of sp³-hybridized carbons (Fsp3) is 0. The minimum atomic E-state index is 1.18. The van der Waals surface area contributed by atoms with Crippen molar-refractivity contribution in [3.8, 4) is 56.1 Å². The van der Waals surface area contributed by atoms with Crippen LogP contribution in [0.1, 0.15) is 0 Å². The van der Waals surface area contributed by atoms with Crippen molar-refractivity contribution in [2.45, 2.75) is 0 Å². The van der Waals surface area contributed by atoms with Crippen LogP contribution in [0.15, 0.2) is 425 Å². The zero-order valence-corrected chi connectivity index (χ0v) is 61.2. The van der Waals surface area contributed by atoms with Crippen LogP contribution in [0.3, 0.4) is 0 Å². The van der Waals surface area contributed by atoms with E-state index in [-0.39, 0.29) is 0 Å². The summed E-state index contributed by atoms with van der Waals surface area (Å²) in [7, 11) is 0.